The fourth-order valence-electron chi connectivity index (χ4n) is 8.27. The van der Waals surface area contributed by atoms with Crippen LogP contribution in [-0.2, 0) is 49.5 Å². The number of benzene rings is 1. The molecule has 1 aliphatic heterocycles. The Morgan fingerprint density at radius 1 is 0.836 bits per heavy atom. The largest absolute Gasteiger partial charge is 0.381 e. The van der Waals surface area contributed by atoms with Crippen molar-refractivity contribution in [1.29, 1.82) is 0 Å². The summed E-state index contributed by atoms with van der Waals surface area (Å²) in [4.78, 5) is 105. The molecular formula is C49H77FN8O9. The van der Waals surface area contributed by atoms with Gasteiger partial charge in [-0.25, -0.2) is 4.39 Å². The summed E-state index contributed by atoms with van der Waals surface area (Å²) < 4.78 is 19.8. The van der Waals surface area contributed by atoms with Crippen LogP contribution in [0, 0.1) is 17.3 Å². The second kappa shape index (κ2) is 28.8. The van der Waals surface area contributed by atoms with Gasteiger partial charge in [0.1, 0.15) is 18.3 Å². The highest BCUT2D eigenvalue weighted by atomic mass is 19.1. The van der Waals surface area contributed by atoms with Gasteiger partial charge in [0, 0.05) is 44.9 Å². The number of carbonyl (C=O) groups excluding carboxylic acids is 8. The first-order valence-electron chi connectivity index (χ1n) is 24.1. The second-order valence-electron chi connectivity index (χ2n) is 18.3. The Balaban J connectivity index is 1.42. The topological polar surface area (TPSA) is 247 Å². The Labute approximate surface area is 395 Å². The lowest BCUT2D eigenvalue weighted by Crippen LogP contribution is -2.53. The van der Waals surface area contributed by atoms with Gasteiger partial charge in [-0.3, -0.25) is 43.3 Å². The summed E-state index contributed by atoms with van der Waals surface area (Å²) in [5.41, 5.74) is 6.81. The number of amides is 8. The van der Waals surface area contributed by atoms with Gasteiger partial charge in [0.2, 0.25) is 47.3 Å². The minimum atomic E-state index is -1.09. The van der Waals surface area contributed by atoms with E-state index in [0.29, 0.717) is 70.0 Å². The Kier molecular flexibility index (Phi) is 24.1. The highest BCUT2D eigenvalue weighted by Crippen LogP contribution is 2.42. The molecule has 1 aromatic rings. The van der Waals surface area contributed by atoms with E-state index in [1.165, 1.54) is 4.90 Å². The lowest BCUT2D eigenvalue weighted by Gasteiger charge is -2.31. The van der Waals surface area contributed by atoms with Crippen LogP contribution in [0.1, 0.15) is 124 Å². The molecule has 1 aliphatic carbocycles. The SMILES string of the molecule is CCC(C)(CC)C1CC(=O)N(CCCCCC(=O)N[C@@H](CCCCN)C(=O)NCC(=O)NCC(=O)N[C@@H](Cc2ccccc2)C(=O)NCC(=O)N[C@H](C)CC/C=C(\C)C(F)C2C[C@H]2OC)C1=O. The average Bonchev–Trinajstić information content (AvgIpc) is 4.05. The molecule has 3 unspecified atom stereocenters. The van der Waals surface area contributed by atoms with Crippen LogP contribution in [0.15, 0.2) is 42.0 Å². The number of unbranched alkanes of at least 4 members (excludes halogenated alkanes) is 3. The molecule has 8 amide bonds. The predicted molar refractivity (Wildman–Crippen MR) is 252 cm³/mol. The van der Waals surface area contributed by atoms with E-state index in [1.54, 1.807) is 38.3 Å². The van der Waals surface area contributed by atoms with Crippen molar-refractivity contribution in [3.8, 4) is 0 Å². The van der Waals surface area contributed by atoms with Crippen LogP contribution in [-0.4, -0.2) is 122 Å². The van der Waals surface area contributed by atoms with Crippen molar-refractivity contribution in [3.05, 3.63) is 47.5 Å². The molecule has 1 aromatic carbocycles. The van der Waals surface area contributed by atoms with E-state index in [1.807, 2.05) is 32.9 Å². The van der Waals surface area contributed by atoms with Gasteiger partial charge < -0.3 is 42.4 Å². The minimum absolute atomic E-state index is 0.0387. The first-order chi connectivity index (χ1) is 32.0. The van der Waals surface area contributed by atoms with E-state index >= 15 is 0 Å². The average molecular weight is 941 g/mol. The molecule has 374 valence electrons. The third kappa shape index (κ3) is 19.1. The molecule has 0 radical (unpaired) electrons. The van der Waals surface area contributed by atoms with Crippen molar-refractivity contribution < 1.29 is 47.5 Å². The Bertz CT molecular complexity index is 1840. The summed E-state index contributed by atoms with van der Waals surface area (Å²) >= 11 is 0. The zero-order chi connectivity index (χ0) is 49.5. The van der Waals surface area contributed by atoms with Gasteiger partial charge in [0.05, 0.1) is 31.7 Å². The summed E-state index contributed by atoms with van der Waals surface area (Å²) in [6, 6.07) is 6.68. The maximum absolute atomic E-state index is 14.6. The lowest BCUT2D eigenvalue weighted by atomic mass is 9.72. The number of methoxy groups -OCH3 is 1. The Hall–Kier alpha value is -5.23. The van der Waals surface area contributed by atoms with E-state index < -0.39 is 60.9 Å². The van der Waals surface area contributed by atoms with Crippen LogP contribution < -0.4 is 37.6 Å². The molecule has 67 heavy (non-hydrogen) atoms. The van der Waals surface area contributed by atoms with Crippen molar-refractivity contribution >= 4 is 47.3 Å². The number of allylic oxidation sites excluding steroid dienone is 2. The zero-order valence-electron chi connectivity index (χ0n) is 40.5. The number of imide groups is 1. The van der Waals surface area contributed by atoms with Crippen LogP contribution in [0.25, 0.3) is 0 Å². The smallest absolute Gasteiger partial charge is 0.243 e. The number of halogens is 1. The summed E-state index contributed by atoms with van der Waals surface area (Å²) in [6.07, 6.45) is 7.73. The molecule has 1 heterocycles. The molecule has 0 aromatic heterocycles. The van der Waals surface area contributed by atoms with Crippen LogP contribution >= 0.6 is 0 Å². The van der Waals surface area contributed by atoms with E-state index in [-0.39, 0.29) is 79.3 Å². The minimum Gasteiger partial charge on any atom is -0.381 e. The number of alkyl halides is 1. The number of hydrogen-bond donors (Lipinski definition) is 7. The third-order valence-electron chi connectivity index (χ3n) is 13.2. The predicted octanol–water partition coefficient (Wildman–Crippen LogP) is 3.04. The number of rotatable bonds is 32. The number of carbonyl (C=O) groups is 8. The second-order valence-corrected chi connectivity index (χ2v) is 18.3. The molecule has 1 saturated carbocycles. The van der Waals surface area contributed by atoms with Crippen molar-refractivity contribution in [3.63, 3.8) is 0 Å². The molecule has 8 N–H and O–H groups in total. The molecule has 0 spiro atoms. The number of hydrogen-bond acceptors (Lipinski definition) is 10. The van der Waals surface area contributed by atoms with Gasteiger partial charge in [-0.2, -0.15) is 0 Å². The Morgan fingerprint density at radius 2 is 1.46 bits per heavy atom. The molecule has 7 atom stereocenters. The third-order valence-corrected chi connectivity index (χ3v) is 13.2. The van der Waals surface area contributed by atoms with Crippen LogP contribution in [0.2, 0.25) is 0 Å². The van der Waals surface area contributed by atoms with Gasteiger partial charge >= 0.3 is 0 Å². The Morgan fingerprint density at radius 3 is 2.10 bits per heavy atom. The van der Waals surface area contributed by atoms with Gasteiger partial charge in [0.25, 0.3) is 0 Å². The van der Waals surface area contributed by atoms with Gasteiger partial charge in [-0.15, -0.1) is 0 Å². The molecule has 3 rings (SSSR count). The van der Waals surface area contributed by atoms with Crippen molar-refractivity contribution in [2.24, 2.45) is 23.0 Å². The summed E-state index contributed by atoms with van der Waals surface area (Å²) in [5.74, 6) is -4.05. The first kappa shape index (κ1) is 56.1. The summed E-state index contributed by atoms with van der Waals surface area (Å²) in [6.45, 7) is 9.05. The zero-order valence-corrected chi connectivity index (χ0v) is 40.5. The fourth-order valence-corrected chi connectivity index (χ4v) is 8.27. The molecule has 17 nitrogen and oxygen atoms in total. The van der Waals surface area contributed by atoms with Crippen molar-refractivity contribution in [2.45, 2.75) is 155 Å². The van der Waals surface area contributed by atoms with Crippen molar-refractivity contribution in [2.75, 3.05) is 39.8 Å². The highest BCUT2D eigenvalue weighted by molar-refractivity contribution is 6.04. The number of likely N-dealkylation sites (tertiary alicyclic amines) is 1. The van der Waals surface area contributed by atoms with Crippen LogP contribution in [0.5, 0.6) is 0 Å². The maximum atomic E-state index is 14.6. The van der Waals surface area contributed by atoms with Crippen LogP contribution in [0.4, 0.5) is 4.39 Å². The van der Waals surface area contributed by atoms with Gasteiger partial charge in [-0.05, 0) is 101 Å². The number of ether oxygens (including phenoxy) is 1. The monoisotopic (exact) mass is 941 g/mol. The van der Waals surface area contributed by atoms with Gasteiger partial charge in [0.15, 0.2) is 0 Å². The fraction of sp³-hybridized carbons (Fsp3) is 0.673. The van der Waals surface area contributed by atoms with E-state index in [2.05, 4.69) is 38.8 Å². The lowest BCUT2D eigenvalue weighted by molar-refractivity contribution is -0.141. The maximum Gasteiger partial charge on any atom is 0.243 e. The van der Waals surface area contributed by atoms with E-state index in [9.17, 15) is 42.7 Å². The highest BCUT2D eigenvalue weighted by Gasteiger charge is 2.47. The van der Waals surface area contributed by atoms with E-state index in [0.717, 1.165) is 18.4 Å². The normalized spacial score (nSPS) is 18.9. The molecule has 0 bridgehead atoms. The number of nitrogens with zero attached hydrogens (tertiary/aromatic N) is 1. The standard InChI is InChI=1S/C49H77FN8O9/c1-7-49(5,8-2)36-28-44(63)58(48(36)66)25-16-10-13-23-40(59)56-37(22-14-15-24-51)46(64)53-29-41(60)52-30-43(62)57-38(26-34-20-11-9-12-21-34)47(65)54-31-42(61)55-33(4)19-17-18-32(3)45(50)35-27-39(35)67-6/h9,11-12,18,20-21,33,35-39,45H,7-8,10,13-17,19,22-31,51H2,1-6H3,(H,52,60)(H,53,64)(H,54,65)(H,55,61)(H,56,59)(H,57,62)/b32-18+/t33-,35?,36?,37+,38+,39-,45?/m1/s1. The molecule has 2 aliphatic rings. The van der Waals surface area contributed by atoms with Crippen LogP contribution in [0.3, 0.4) is 0 Å². The summed E-state index contributed by atoms with van der Waals surface area (Å²) in [7, 11) is 1.58. The first-order valence-corrected chi connectivity index (χ1v) is 24.1. The van der Waals surface area contributed by atoms with E-state index in [4.69, 9.17) is 10.5 Å². The van der Waals surface area contributed by atoms with Crippen molar-refractivity contribution in [1.82, 2.24) is 36.8 Å². The molecular weight excluding hydrogens is 864 g/mol. The quantitative estimate of drug-likeness (QED) is 0.0316. The number of nitrogens with two attached hydrogens (primary N) is 1. The molecule has 18 heteroatoms. The molecule has 2 fully saturated rings. The number of nitrogens with one attached hydrogen (secondary N) is 6. The van der Waals surface area contributed by atoms with Gasteiger partial charge in [-0.1, -0.05) is 63.6 Å². The summed E-state index contributed by atoms with van der Waals surface area (Å²) in [5, 5.41) is 15.7. The molecule has 1 saturated heterocycles.